The highest BCUT2D eigenvalue weighted by molar-refractivity contribution is 6.13. The first kappa shape index (κ1) is 22.7. The zero-order chi connectivity index (χ0) is 24.4. The number of rotatable bonds is 4. The number of aryl methyl sites for hydroxylation is 2. The van der Waals surface area contributed by atoms with Crippen LogP contribution in [0.15, 0.2) is 72.8 Å². The van der Waals surface area contributed by atoms with Crippen LogP contribution in [0, 0.1) is 13.8 Å². The molecule has 4 aromatic rings. The Bertz CT molecular complexity index is 1390. The van der Waals surface area contributed by atoms with Gasteiger partial charge in [0, 0.05) is 35.3 Å². The first-order chi connectivity index (χ1) is 17.0. The molecular formula is C29H27N3O3. The zero-order valence-electron chi connectivity index (χ0n) is 19.9. The molecule has 0 atom stereocenters. The van der Waals surface area contributed by atoms with Crippen LogP contribution < -0.4 is 5.32 Å². The summed E-state index contributed by atoms with van der Waals surface area (Å²) in [5.41, 5.74) is 6.48. The van der Waals surface area contributed by atoms with Gasteiger partial charge in [0.05, 0.1) is 30.0 Å². The molecular weight excluding hydrogens is 438 g/mol. The molecule has 6 heteroatoms. The van der Waals surface area contributed by atoms with Crippen LogP contribution in [0.1, 0.15) is 31.8 Å². The zero-order valence-corrected chi connectivity index (χ0v) is 19.9. The van der Waals surface area contributed by atoms with Crippen molar-refractivity contribution >= 4 is 28.4 Å². The molecule has 0 spiro atoms. The second kappa shape index (κ2) is 9.68. The molecule has 5 rings (SSSR count). The first-order valence-corrected chi connectivity index (χ1v) is 11.7. The molecule has 1 aromatic heterocycles. The highest BCUT2D eigenvalue weighted by atomic mass is 16.5. The minimum absolute atomic E-state index is 0.0236. The van der Waals surface area contributed by atoms with Crippen molar-refractivity contribution in [1.82, 2.24) is 9.88 Å². The summed E-state index contributed by atoms with van der Waals surface area (Å²) in [4.78, 5) is 32.7. The van der Waals surface area contributed by atoms with Crippen LogP contribution in [-0.2, 0) is 4.74 Å². The average molecular weight is 466 g/mol. The number of hydrogen-bond donors (Lipinski definition) is 1. The molecule has 1 N–H and O–H groups in total. The lowest BCUT2D eigenvalue weighted by atomic mass is 10.0. The topological polar surface area (TPSA) is 71.5 Å². The standard InChI is InChI=1S/C29H27N3O3/c1-19-3-6-21(7-4-19)27-18-25(24-17-20(2)5-12-26(24)31-27)28(33)30-23-10-8-22(9-11-23)29(34)32-13-15-35-16-14-32/h3-12,17-18H,13-16H2,1-2H3,(H,30,33). The number of pyridine rings is 1. The second-order valence-corrected chi connectivity index (χ2v) is 8.88. The van der Waals surface area contributed by atoms with Crippen LogP contribution in [0.25, 0.3) is 22.2 Å². The normalized spacial score (nSPS) is 13.6. The SMILES string of the molecule is Cc1ccc(-c2cc(C(=O)Nc3ccc(C(=O)N4CCOCC4)cc3)c3cc(C)ccc3n2)cc1. The Morgan fingerprint density at radius 1 is 0.857 bits per heavy atom. The highest BCUT2D eigenvalue weighted by Crippen LogP contribution is 2.27. The molecule has 2 amide bonds. The number of carbonyl (C=O) groups is 2. The number of hydrogen-bond acceptors (Lipinski definition) is 4. The van der Waals surface area contributed by atoms with E-state index in [1.54, 1.807) is 29.2 Å². The van der Waals surface area contributed by atoms with Crippen molar-refractivity contribution in [2.24, 2.45) is 0 Å². The van der Waals surface area contributed by atoms with Gasteiger partial charge in [-0.05, 0) is 56.3 Å². The maximum atomic E-state index is 13.4. The van der Waals surface area contributed by atoms with Crippen molar-refractivity contribution in [3.63, 3.8) is 0 Å². The lowest BCUT2D eigenvalue weighted by Gasteiger charge is -2.26. The van der Waals surface area contributed by atoms with Gasteiger partial charge in [0.15, 0.2) is 0 Å². The summed E-state index contributed by atoms with van der Waals surface area (Å²) in [6, 6.07) is 22.9. The van der Waals surface area contributed by atoms with Gasteiger partial charge in [0.2, 0.25) is 0 Å². The predicted molar refractivity (Wildman–Crippen MR) is 138 cm³/mol. The van der Waals surface area contributed by atoms with Crippen molar-refractivity contribution in [2.75, 3.05) is 31.6 Å². The third-order valence-corrected chi connectivity index (χ3v) is 6.24. The van der Waals surface area contributed by atoms with E-state index in [0.717, 1.165) is 27.7 Å². The molecule has 0 bridgehead atoms. The van der Waals surface area contributed by atoms with Crippen LogP contribution in [0.2, 0.25) is 0 Å². The second-order valence-electron chi connectivity index (χ2n) is 8.88. The van der Waals surface area contributed by atoms with E-state index in [1.165, 1.54) is 5.56 Å². The number of fused-ring (bicyclic) bond motifs is 1. The molecule has 0 saturated carbocycles. The van der Waals surface area contributed by atoms with E-state index >= 15 is 0 Å². The fourth-order valence-corrected chi connectivity index (χ4v) is 4.24. The largest absolute Gasteiger partial charge is 0.378 e. The molecule has 6 nitrogen and oxygen atoms in total. The lowest BCUT2D eigenvalue weighted by molar-refractivity contribution is 0.0303. The Morgan fingerprint density at radius 3 is 2.26 bits per heavy atom. The fourth-order valence-electron chi connectivity index (χ4n) is 4.24. The van der Waals surface area contributed by atoms with E-state index in [-0.39, 0.29) is 11.8 Å². The quantitative estimate of drug-likeness (QED) is 0.447. The van der Waals surface area contributed by atoms with Gasteiger partial charge >= 0.3 is 0 Å². The van der Waals surface area contributed by atoms with Crippen molar-refractivity contribution in [1.29, 1.82) is 0 Å². The van der Waals surface area contributed by atoms with E-state index in [1.807, 2.05) is 62.4 Å². The Kier molecular flexibility index (Phi) is 6.29. The third kappa shape index (κ3) is 4.93. The summed E-state index contributed by atoms with van der Waals surface area (Å²) in [5.74, 6) is -0.242. The molecule has 0 unspecified atom stereocenters. The number of anilines is 1. The Hall–Kier alpha value is -4.03. The van der Waals surface area contributed by atoms with Crippen molar-refractivity contribution in [3.05, 3.63) is 95.1 Å². The van der Waals surface area contributed by atoms with Crippen LogP contribution >= 0.6 is 0 Å². The van der Waals surface area contributed by atoms with E-state index in [2.05, 4.69) is 5.32 Å². The predicted octanol–water partition coefficient (Wildman–Crippen LogP) is 5.24. The van der Waals surface area contributed by atoms with E-state index in [0.29, 0.717) is 43.1 Å². The monoisotopic (exact) mass is 465 g/mol. The van der Waals surface area contributed by atoms with Gasteiger partial charge in [0.1, 0.15) is 0 Å². The smallest absolute Gasteiger partial charge is 0.256 e. The van der Waals surface area contributed by atoms with E-state index < -0.39 is 0 Å². The summed E-state index contributed by atoms with van der Waals surface area (Å²) in [7, 11) is 0. The molecule has 1 aliphatic heterocycles. The highest BCUT2D eigenvalue weighted by Gasteiger charge is 2.19. The fraction of sp³-hybridized carbons (Fsp3) is 0.207. The van der Waals surface area contributed by atoms with Gasteiger partial charge < -0.3 is 15.0 Å². The number of amides is 2. The summed E-state index contributed by atoms with van der Waals surface area (Å²) >= 11 is 0. The maximum absolute atomic E-state index is 13.4. The summed E-state index contributed by atoms with van der Waals surface area (Å²) < 4.78 is 5.32. The average Bonchev–Trinajstić information content (AvgIpc) is 2.89. The Balaban J connectivity index is 1.43. The van der Waals surface area contributed by atoms with E-state index in [9.17, 15) is 9.59 Å². The minimum Gasteiger partial charge on any atom is -0.378 e. The van der Waals surface area contributed by atoms with Crippen molar-refractivity contribution in [2.45, 2.75) is 13.8 Å². The Labute approximate surface area is 204 Å². The lowest BCUT2D eigenvalue weighted by Crippen LogP contribution is -2.40. The number of ether oxygens (including phenoxy) is 1. The van der Waals surface area contributed by atoms with Gasteiger partial charge in [-0.3, -0.25) is 9.59 Å². The molecule has 1 fully saturated rings. The van der Waals surface area contributed by atoms with Crippen molar-refractivity contribution in [3.8, 4) is 11.3 Å². The third-order valence-electron chi connectivity index (χ3n) is 6.24. The minimum atomic E-state index is -0.219. The molecule has 176 valence electrons. The van der Waals surface area contributed by atoms with Crippen LogP contribution in [0.3, 0.4) is 0 Å². The van der Waals surface area contributed by atoms with Crippen molar-refractivity contribution < 1.29 is 14.3 Å². The van der Waals surface area contributed by atoms with Gasteiger partial charge in [-0.2, -0.15) is 0 Å². The molecule has 2 heterocycles. The van der Waals surface area contributed by atoms with Crippen LogP contribution in [-0.4, -0.2) is 48.0 Å². The molecule has 35 heavy (non-hydrogen) atoms. The van der Waals surface area contributed by atoms with Gasteiger partial charge in [-0.15, -0.1) is 0 Å². The van der Waals surface area contributed by atoms with E-state index in [4.69, 9.17) is 9.72 Å². The van der Waals surface area contributed by atoms with Gasteiger partial charge in [-0.25, -0.2) is 4.98 Å². The number of carbonyl (C=O) groups excluding carboxylic acids is 2. The summed E-state index contributed by atoms with van der Waals surface area (Å²) in [5, 5.41) is 3.79. The summed E-state index contributed by atoms with van der Waals surface area (Å²) in [6.07, 6.45) is 0. The van der Waals surface area contributed by atoms with Crippen LogP contribution in [0.5, 0.6) is 0 Å². The molecule has 1 saturated heterocycles. The number of morpholine rings is 1. The number of nitrogens with zero attached hydrogens (tertiary/aromatic N) is 2. The first-order valence-electron chi connectivity index (χ1n) is 11.7. The number of benzene rings is 3. The van der Waals surface area contributed by atoms with Gasteiger partial charge in [0.25, 0.3) is 11.8 Å². The number of aromatic nitrogens is 1. The molecule has 1 aliphatic rings. The maximum Gasteiger partial charge on any atom is 0.256 e. The molecule has 0 radical (unpaired) electrons. The molecule has 0 aliphatic carbocycles. The number of nitrogens with one attached hydrogen (secondary N) is 1. The summed E-state index contributed by atoms with van der Waals surface area (Å²) in [6.45, 7) is 6.34. The van der Waals surface area contributed by atoms with Gasteiger partial charge in [-0.1, -0.05) is 41.5 Å². The Morgan fingerprint density at radius 2 is 1.54 bits per heavy atom. The molecule has 3 aromatic carbocycles. The van der Waals surface area contributed by atoms with Crippen LogP contribution in [0.4, 0.5) is 5.69 Å².